The van der Waals surface area contributed by atoms with Gasteiger partial charge in [0.05, 0.1) is 6.42 Å². The van der Waals surface area contributed by atoms with Crippen molar-refractivity contribution in [2.75, 3.05) is 11.4 Å². The SMILES string of the molecule is CC(C)(C)CN1C(=O)C(CC(=O)NCc2ccccc2F)N(C(=O)c2ccc[nH]2)Cc2ccccc21. The molecule has 0 radical (unpaired) electrons. The van der Waals surface area contributed by atoms with E-state index in [4.69, 9.17) is 0 Å². The number of hydrogen-bond donors (Lipinski definition) is 2. The van der Waals surface area contributed by atoms with Crippen molar-refractivity contribution >= 4 is 23.4 Å². The molecule has 36 heavy (non-hydrogen) atoms. The Morgan fingerprint density at radius 1 is 1.06 bits per heavy atom. The summed E-state index contributed by atoms with van der Waals surface area (Å²) in [6.45, 7) is 6.68. The molecule has 4 rings (SSSR count). The third kappa shape index (κ3) is 5.64. The Bertz CT molecular complexity index is 1250. The van der Waals surface area contributed by atoms with Crippen molar-refractivity contribution < 1.29 is 18.8 Å². The summed E-state index contributed by atoms with van der Waals surface area (Å²) in [5.74, 6) is -1.55. The lowest BCUT2D eigenvalue weighted by Crippen LogP contribution is -2.52. The van der Waals surface area contributed by atoms with Crippen molar-refractivity contribution in [2.45, 2.75) is 46.3 Å². The standard InChI is InChI=1S/C28H31FN4O3/c1-28(2,3)18-33-23-13-7-5-10-20(23)17-32(26(35)22-12-8-14-30-22)24(27(33)36)15-25(34)31-16-19-9-4-6-11-21(19)29/h4-14,24,30H,15-18H2,1-3H3,(H,31,34). The van der Waals surface area contributed by atoms with Gasteiger partial charge in [-0.3, -0.25) is 14.4 Å². The molecule has 1 aliphatic rings. The van der Waals surface area contributed by atoms with Crippen molar-refractivity contribution in [3.63, 3.8) is 0 Å². The summed E-state index contributed by atoms with van der Waals surface area (Å²) in [7, 11) is 0. The molecule has 2 aromatic carbocycles. The summed E-state index contributed by atoms with van der Waals surface area (Å²) in [6, 6.07) is 16.0. The highest BCUT2D eigenvalue weighted by molar-refractivity contribution is 6.05. The maximum absolute atomic E-state index is 14.0. The van der Waals surface area contributed by atoms with Crippen LogP contribution >= 0.6 is 0 Å². The minimum atomic E-state index is -1.03. The molecule has 2 heterocycles. The molecule has 2 N–H and O–H groups in total. The van der Waals surface area contributed by atoms with Crippen LogP contribution < -0.4 is 10.2 Å². The van der Waals surface area contributed by atoms with Gasteiger partial charge in [0, 0.05) is 37.1 Å². The summed E-state index contributed by atoms with van der Waals surface area (Å²) >= 11 is 0. The Kier molecular flexibility index (Phi) is 7.24. The number of H-pyrrole nitrogens is 1. The topological polar surface area (TPSA) is 85.5 Å². The van der Waals surface area contributed by atoms with Crippen molar-refractivity contribution in [1.82, 2.24) is 15.2 Å². The van der Waals surface area contributed by atoms with Gasteiger partial charge in [0.2, 0.25) is 11.8 Å². The van der Waals surface area contributed by atoms with E-state index >= 15 is 0 Å². The van der Waals surface area contributed by atoms with E-state index in [1.807, 2.05) is 45.0 Å². The molecule has 1 atom stereocenters. The van der Waals surface area contributed by atoms with E-state index in [0.717, 1.165) is 11.3 Å². The third-order valence-electron chi connectivity index (χ3n) is 6.08. The predicted octanol–water partition coefficient (Wildman–Crippen LogP) is 4.26. The lowest BCUT2D eigenvalue weighted by molar-refractivity contribution is -0.129. The van der Waals surface area contributed by atoms with Crippen LogP contribution in [0.3, 0.4) is 0 Å². The Morgan fingerprint density at radius 3 is 2.47 bits per heavy atom. The van der Waals surface area contributed by atoms with Crippen LogP contribution in [-0.2, 0) is 22.7 Å². The second kappa shape index (κ2) is 10.4. The van der Waals surface area contributed by atoms with Crippen LogP contribution in [-0.4, -0.2) is 40.2 Å². The van der Waals surface area contributed by atoms with E-state index in [-0.39, 0.29) is 36.7 Å². The fourth-order valence-electron chi connectivity index (χ4n) is 4.38. The minimum absolute atomic E-state index is 0.0110. The summed E-state index contributed by atoms with van der Waals surface area (Å²) in [5.41, 5.74) is 2.01. The summed E-state index contributed by atoms with van der Waals surface area (Å²) < 4.78 is 14.0. The van der Waals surface area contributed by atoms with Crippen molar-refractivity contribution in [1.29, 1.82) is 0 Å². The normalized spacial score (nSPS) is 15.9. The second-order valence-electron chi connectivity index (χ2n) is 10.2. The van der Waals surface area contributed by atoms with Crippen LogP contribution in [0.5, 0.6) is 0 Å². The van der Waals surface area contributed by atoms with Crippen molar-refractivity contribution in [3.05, 3.63) is 89.5 Å². The lowest BCUT2D eigenvalue weighted by Gasteiger charge is -2.33. The average Bonchev–Trinajstić information content (AvgIpc) is 3.35. The zero-order valence-corrected chi connectivity index (χ0v) is 20.8. The highest BCUT2D eigenvalue weighted by Crippen LogP contribution is 2.32. The molecule has 3 aromatic rings. The van der Waals surface area contributed by atoms with Gasteiger partial charge in [-0.1, -0.05) is 57.2 Å². The summed E-state index contributed by atoms with van der Waals surface area (Å²) in [4.78, 5) is 46.6. The number of aromatic nitrogens is 1. The molecular formula is C28H31FN4O3. The highest BCUT2D eigenvalue weighted by Gasteiger charge is 2.40. The number of amides is 3. The Morgan fingerprint density at radius 2 is 1.78 bits per heavy atom. The zero-order chi connectivity index (χ0) is 25.9. The Labute approximate surface area is 210 Å². The van der Waals surface area contributed by atoms with Crippen molar-refractivity contribution in [2.24, 2.45) is 5.41 Å². The Balaban J connectivity index is 1.67. The van der Waals surface area contributed by atoms with Crippen LogP contribution in [0.1, 0.15) is 48.8 Å². The number of nitrogens with one attached hydrogen (secondary N) is 2. The molecule has 3 amide bonds. The first-order valence-electron chi connectivity index (χ1n) is 12.0. The van der Waals surface area contributed by atoms with E-state index in [0.29, 0.717) is 17.8 Å². The monoisotopic (exact) mass is 490 g/mol. The predicted molar refractivity (Wildman–Crippen MR) is 136 cm³/mol. The number of halogens is 1. The highest BCUT2D eigenvalue weighted by atomic mass is 19.1. The van der Waals surface area contributed by atoms with Gasteiger partial charge in [-0.2, -0.15) is 0 Å². The molecule has 0 aliphatic carbocycles. The molecule has 7 nitrogen and oxygen atoms in total. The largest absolute Gasteiger partial charge is 0.357 e. The van der Waals surface area contributed by atoms with Gasteiger partial charge in [-0.25, -0.2) is 4.39 Å². The first-order chi connectivity index (χ1) is 17.1. The smallest absolute Gasteiger partial charge is 0.271 e. The zero-order valence-electron chi connectivity index (χ0n) is 20.8. The molecular weight excluding hydrogens is 459 g/mol. The third-order valence-corrected chi connectivity index (χ3v) is 6.08. The molecule has 1 aromatic heterocycles. The van der Waals surface area contributed by atoms with Gasteiger partial charge in [-0.05, 0) is 35.2 Å². The first kappa shape index (κ1) is 25.2. The maximum atomic E-state index is 14.0. The number of carbonyl (C=O) groups excluding carboxylic acids is 3. The molecule has 1 aliphatic heterocycles. The van der Waals surface area contributed by atoms with Gasteiger partial charge in [0.1, 0.15) is 17.6 Å². The Hall–Kier alpha value is -3.94. The van der Waals surface area contributed by atoms with E-state index in [9.17, 15) is 18.8 Å². The van der Waals surface area contributed by atoms with Crippen LogP contribution in [0, 0.1) is 11.2 Å². The van der Waals surface area contributed by atoms with Gasteiger partial charge >= 0.3 is 0 Å². The molecule has 0 bridgehead atoms. The summed E-state index contributed by atoms with van der Waals surface area (Å²) in [6.07, 6.45) is 1.40. The molecule has 0 spiro atoms. The van der Waals surface area contributed by atoms with E-state index in [1.165, 1.54) is 11.0 Å². The minimum Gasteiger partial charge on any atom is -0.357 e. The number of nitrogens with zero attached hydrogens (tertiary/aromatic N) is 2. The summed E-state index contributed by atoms with van der Waals surface area (Å²) in [5, 5.41) is 2.71. The van der Waals surface area contributed by atoms with E-state index < -0.39 is 17.8 Å². The quantitative estimate of drug-likeness (QED) is 0.541. The maximum Gasteiger partial charge on any atom is 0.271 e. The van der Waals surface area contributed by atoms with Crippen molar-refractivity contribution in [3.8, 4) is 0 Å². The first-order valence-corrected chi connectivity index (χ1v) is 12.0. The molecule has 188 valence electrons. The number of carbonyl (C=O) groups is 3. The van der Waals surface area contributed by atoms with Crippen LogP contribution in [0.4, 0.5) is 10.1 Å². The van der Waals surface area contributed by atoms with E-state index in [2.05, 4.69) is 10.3 Å². The number of fused-ring (bicyclic) bond motifs is 1. The number of rotatable bonds is 6. The fraction of sp³-hybridized carbons (Fsp3) is 0.321. The average molecular weight is 491 g/mol. The van der Waals surface area contributed by atoms with Gasteiger partial charge in [0.15, 0.2) is 0 Å². The molecule has 0 saturated carbocycles. The number of hydrogen-bond acceptors (Lipinski definition) is 3. The van der Waals surface area contributed by atoms with E-state index in [1.54, 1.807) is 41.4 Å². The number of anilines is 1. The number of aromatic amines is 1. The molecule has 0 fully saturated rings. The van der Waals surface area contributed by atoms with Gasteiger partial charge in [0.25, 0.3) is 5.91 Å². The number of para-hydroxylation sites is 1. The molecule has 0 saturated heterocycles. The van der Waals surface area contributed by atoms with Gasteiger partial charge in [-0.15, -0.1) is 0 Å². The number of benzene rings is 2. The lowest BCUT2D eigenvalue weighted by atomic mass is 9.95. The van der Waals surface area contributed by atoms with Gasteiger partial charge < -0.3 is 20.1 Å². The fourth-order valence-corrected chi connectivity index (χ4v) is 4.38. The molecule has 1 unspecified atom stereocenters. The van der Waals surface area contributed by atoms with Crippen LogP contribution in [0.2, 0.25) is 0 Å². The second-order valence-corrected chi connectivity index (χ2v) is 10.2. The molecule has 8 heteroatoms. The van der Waals surface area contributed by atoms with Crippen LogP contribution in [0.25, 0.3) is 0 Å². The van der Waals surface area contributed by atoms with Crippen LogP contribution in [0.15, 0.2) is 66.9 Å².